The number of aromatic amines is 1. The van der Waals surface area contributed by atoms with Crippen molar-refractivity contribution in [2.24, 2.45) is 0 Å². The molecule has 5 nitrogen and oxygen atoms in total. The van der Waals surface area contributed by atoms with Crippen molar-refractivity contribution in [2.75, 3.05) is 13.1 Å². The van der Waals surface area contributed by atoms with Crippen molar-refractivity contribution in [3.63, 3.8) is 0 Å². The van der Waals surface area contributed by atoms with E-state index in [4.69, 9.17) is 9.47 Å². The minimum atomic E-state index is -0.456. The Hall–Kier alpha value is -1.49. The van der Waals surface area contributed by atoms with Crippen LogP contribution >= 0.6 is 0 Å². The third-order valence-corrected chi connectivity index (χ3v) is 3.49. The first-order valence-electron chi connectivity index (χ1n) is 7.62. The molecule has 21 heavy (non-hydrogen) atoms. The van der Waals surface area contributed by atoms with Crippen LogP contribution in [0.3, 0.4) is 0 Å². The van der Waals surface area contributed by atoms with Crippen molar-refractivity contribution in [1.82, 2.24) is 9.88 Å². The highest BCUT2D eigenvalue weighted by Crippen LogP contribution is 2.23. The number of ether oxygens (including phenoxy) is 2. The Morgan fingerprint density at radius 2 is 2.24 bits per heavy atom. The topological polar surface area (TPSA) is 54.6 Å². The van der Waals surface area contributed by atoms with Gasteiger partial charge in [-0.15, -0.1) is 0 Å². The fourth-order valence-corrected chi connectivity index (χ4v) is 2.50. The van der Waals surface area contributed by atoms with Gasteiger partial charge in [0, 0.05) is 18.4 Å². The lowest BCUT2D eigenvalue weighted by atomic mass is 10.1. The molecule has 118 valence electrons. The molecule has 1 aliphatic rings. The zero-order valence-corrected chi connectivity index (χ0v) is 13.4. The molecule has 0 aromatic carbocycles. The molecule has 5 heteroatoms. The monoisotopic (exact) mass is 294 g/mol. The molecule has 1 amide bonds. The highest BCUT2D eigenvalue weighted by Gasteiger charge is 2.29. The Kier molecular flexibility index (Phi) is 4.93. The van der Waals surface area contributed by atoms with Crippen LogP contribution in [0.1, 0.15) is 52.3 Å². The SMILES string of the molecule is C[C@@H](O[C@@H]1CCCN(C(=O)OC(C)(C)C)C1)c1ccc[nH]1. The van der Waals surface area contributed by atoms with Gasteiger partial charge < -0.3 is 19.4 Å². The fourth-order valence-electron chi connectivity index (χ4n) is 2.50. The highest BCUT2D eigenvalue weighted by atomic mass is 16.6. The average Bonchev–Trinajstić information content (AvgIpc) is 2.91. The Labute approximate surface area is 126 Å². The van der Waals surface area contributed by atoms with E-state index in [2.05, 4.69) is 4.98 Å². The summed E-state index contributed by atoms with van der Waals surface area (Å²) in [6, 6.07) is 3.97. The number of carbonyl (C=O) groups is 1. The van der Waals surface area contributed by atoms with Crippen LogP contribution in [0.4, 0.5) is 4.79 Å². The number of hydrogen-bond donors (Lipinski definition) is 1. The third kappa shape index (κ3) is 4.77. The molecule has 0 bridgehead atoms. The maximum absolute atomic E-state index is 12.1. The Balaban J connectivity index is 1.87. The molecule has 1 aromatic rings. The largest absolute Gasteiger partial charge is 0.444 e. The van der Waals surface area contributed by atoms with Gasteiger partial charge in [0.1, 0.15) is 5.60 Å². The summed E-state index contributed by atoms with van der Waals surface area (Å²) in [4.78, 5) is 17.0. The highest BCUT2D eigenvalue weighted by molar-refractivity contribution is 5.68. The first-order chi connectivity index (χ1) is 9.85. The van der Waals surface area contributed by atoms with Gasteiger partial charge in [-0.3, -0.25) is 0 Å². The van der Waals surface area contributed by atoms with Gasteiger partial charge in [-0.25, -0.2) is 4.79 Å². The first-order valence-corrected chi connectivity index (χ1v) is 7.62. The normalized spacial score (nSPS) is 21.1. The van der Waals surface area contributed by atoms with Gasteiger partial charge in [-0.1, -0.05) is 0 Å². The molecule has 0 radical (unpaired) electrons. The van der Waals surface area contributed by atoms with E-state index in [1.807, 2.05) is 46.0 Å². The smallest absolute Gasteiger partial charge is 0.410 e. The van der Waals surface area contributed by atoms with Crippen LogP contribution in [-0.4, -0.2) is 40.8 Å². The van der Waals surface area contributed by atoms with Crippen molar-refractivity contribution >= 4 is 6.09 Å². The molecule has 2 rings (SSSR count). The number of carbonyl (C=O) groups excluding carboxylic acids is 1. The number of piperidine rings is 1. The first kappa shape index (κ1) is 15.9. The lowest BCUT2D eigenvalue weighted by Gasteiger charge is -2.35. The number of hydrogen-bond acceptors (Lipinski definition) is 3. The van der Waals surface area contributed by atoms with E-state index in [9.17, 15) is 4.79 Å². The van der Waals surface area contributed by atoms with Gasteiger partial charge in [-0.2, -0.15) is 0 Å². The summed E-state index contributed by atoms with van der Waals surface area (Å²) in [5.41, 5.74) is 0.604. The van der Waals surface area contributed by atoms with Gasteiger partial charge in [0.2, 0.25) is 0 Å². The number of likely N-dealkylation sites (tertiary alicyclic amines) is 1. The lowest BCUT2D eigenvalue weighted by molar-refractivity contribution is -0.0495. The van der Waals surface area contributed by atoms with Crippen LogP contribution in [0.15, 0.2) is 18.3 Å². The summed E-state index contributed by atoms with van der Waals surface area (Å²) in [5.74, 6) is 0. The van der Waals surface area contributed by atoms with E-state index < -0.39 is 5.60 Å². The van der Waals surface area contributed by atoms with Crippen molar-refractivity contribution in [3.8, 4) is 0 Å². The van der Waals surface area contributed by atoms with Crippen LogP contribution < -0.4 is 0 Å². The molecule has 0 saturated carbocycles. The van der Waals surface area contributed by atoms with Gasteiger partial charge in [-0.05, 0) is 52.7 Å². The quantitative estimate of drug-likeness (QED) is 0.928. The number of amides is 1. The van der Waals surface area contributed by atoms with E-state index in [0.717, 1.165) is 25.1 Å². The van der Waals surface area contributed by atoms with Crippen molar-refractivity contribution in [3.05, 3.63) is 24.0 Å². The molecule has 1 saturated heterocycles. The molecule has 0 aliphatic carbocycles. The predicted molar refractivity (Wildman–Crippen MR) is 81.1 cm³/mol. The van der Waals surface area contributed by atoms with Crippen LogP contribution in [0.5, 0.6) is 0 Å². The summed E-state index contributed by atoms with van der Waals surface area (Å²) in [7, 11) is 0. The maximum atomic E-state index is 12.1. The van der Waals surface area contributed by atoms with Crippen LogP contribution in [0, 0.1) is 0 Å². The second-order valence-corrected chi connectivity index (χ2v) is 6.59. The minimum absolute atomic E-state index is 0.00332. The molecule has 1 aliphatic heterocycles. The van der Waals surface area contributed by atoms with Crippen molar-refractivity contribution in [2.45, 2.75) is 58.3 Å². The van der Waals surface area contributed by atoms with Crippen LogP contribution in [0.2, 0.25) is 0 Å². The molecule has 2 heterocycles. The maximum Gasteiger partial charge on any atom is 0.410 e. The minimum Gasteiger partial charge on any atom is -0.444 e. The number of H-pyrrole nitrogens is 1. The van der Waals surface area contributed by atoms with Gasteiger partial charge in [0.05, 0.1) is 18.8 Å². The summed E-state index contributed by atoms with van der Waals surface area (Å²) in [6.45, 7) is 9.02. The second-order valence-electron chi connectivity index (χ2n) is 6.59. The molecular formula is C16H26N2O3. The van der Waals surface area contributed by atoms with Gasteiger partial charge >= 0.3 is 6.09 Å². The second kappa shape index (κ2) is 6.52. The standard InChI is InChI=1S/C16H26N2O3/c1-12(14-8-5-9-17-14)20-13-7-6-10-18(11-13)15(19)21-16(2,3)4/h5,8-9,12-13,17H,6-7,10-11H2,1-4H3/t12-,13-/m1/s1. The van der Waals surface area contributed by atoms with Gasteiger partial charge in [0.15, 0.2) is 0 Å². The van der Waals surface area contributed by atoms with Crippen molar-refractivity contribution in [1.29, 1.82) is 0 Å². The Morgan fingerprint density at radius 3 is 2.86 bits per heavy atom. The molecule has 0 spiro atoms. The van der Waals surface area contributed by atoms with E-state index in [1.54, 1.807) is 4.90 Å². The average molecular weight is 294 g/mol. The van der Waals surface area contributed by atoms with Crippen LogP contribution in [0.25, 0.3) is 0 Å². The van der Waals surface area contributed by atoms with E-state index in [1.165, 1.54) is 0 Å². The van der Waals surface area contributed by atoms with E-state index >= 15 is 0 Å². The number of rotatable bonds is 3. The van der Waals surface area contributed by atoms with Crippen molar-refractivity contribution < 1.29 is 14.3 Å². The molecule has 0 unspecified atom stereocenters. The molecule has 1 aromatic heterocycles. The fraction of sp³-hybridized carbons (Fsp3) is 0.688. The summed E-state index contributed by atoms with van der Waals surface area (Å²) >= 11 is 0. The molecule has 2 atom stereocenters. The number of nitrogens with zero attached hydrogens (tertiary/aromatic N) is 1. The zero-order chi connectivity index (χ0) is 15.5. The predicted octanol–water partition coefficient (Wildman–Crippen LogP) is 3.49. The summed E-state index contributed by atoms with van der Waals surface area (Å²) < 4.78 is 11.5. The van der Waals surface area contributed by atoms with E-state index in [-0.39, 0.29) is 18.3 Å². The molecular weight excluding hydrogens is 268 g/mol. The zero-order valence-electron chi connectivity index (χ0n) is 13.4. The van der Waals surface area contributed by atoms with Gasteiger partial charge in [0.25, 0.3) is 0 Å². The molecule has 1 fully saturated rings. The third-order valence-electron chi connectivity index (χ3n) is 3.49. The molecule has 1 N–H and O–H groups in total. The summed E-state index contributed by atoms with van der Waals surface area (Å²) in [6.07, 6.45) is 3.63. The van der Waals surface area contributed by atoms with E-state index in [0.29, 0.717) is 6.54 Å². The Morgan fingerprint density at radius 1 is 1.48 bits per heavy atom. The Bertz CT molecular complexity index is 451. The van der Waals surface area contributed by atoms with Crippen LogP contribution in [-0.2, 0) is 9.47 Å². The lowest BCUT2D eigenvalue weighted by Crippen LogP contribution is -2.45. The number of nitrogens with one attached hydrogen (secondary N) is 1. The number of aromatic nitrogens is 1. The summed E-state index contributed by atoms with van der Waals surface area (Å²) in [5, 5.41) is 0.